The molecule has 2 unspecified atom stereocenters. The zero-order valence-electron chi connectivity index (χ0n) is 12.6. The van der Waals surface area contributed by atoms with Crippen molar-refractivity contribution < 1.29 is 4.42 Å². The Kier molecular flexibility index (Phi) is 7.40. The zero-order valence-corrected chi connectivity index (χ0v) is 15.0. The molecule has 0 bridgehead atoms. The zero-order chi connectivity index (χ0) is 13.7. The maximum absolute atomic E-state index is 5.34. The number of hydrogen-bond donors (Lipinski definition) is 1. The van der Waals surface area contributed by atoms with Crippen molar-refractivity contribution in [3.63, 3.8) is 0 Å². The SMILES string of the molecule is CCNC(=NCc1ccco1)N1CC(C)CC(C)C1.I. The monoisotopic (exact) mass is 391 g/mol. The Hall–Kier alpha value is -0.720. The van der Waals surface area contributed by atoms with Crippen LogP contribution in [0.4, 0.5) is 0 Å². The maximum atomic E-state index is 5.34. The van der Waals surface area contributed by atoms with E-state index in [1.165, 1.54) is 6.42 Å². The van der Waals surface area contributed by atoms with Gasteiger partial charge < -0.3 is 14.6 Å². The van der Waals surface area contributed by atoms with Gasteiger partial charge in [-0.25, -0.2) is 4.99 Å². The fourth-order valence-electron chi connectivity index (χ4n) is 2.82. The van der Waals surface area contributed by atoms with Crippen molar-refractivity contribution >= 4 is 29.9 Å². The maximum Gasteiger partial charge on any atom is 0.194 e. The first-order valence-corrected chi connectivity index (χ1v) is 7.24. The summed E-state index contributed by atoms with van der Waals surface area (Å²) in [4.78, 5) is 7.07. The van der Waals surface area contributed by atoms with Crippen LogP contribution in [-0.4, -0.2) is 30.5 Å². The van der Waals surface area contributed by atoms with Gasteiger partial charge >= 0.3 is 0 Å². The Morgan fingerprint density at radius 1 is 1.40 bits per heavy atom. The Labute approximate surface area is 139 Å². The second-order valence-corrected chi connectivity index (χ2v) is 5.60. The van der Waals surface area contributed by atoms with Gasteiger partial charge in [-0.15, -0.1) is 24.0 Å². The average Bonchev–Trinajstić information content (AvgIpc) is 2.86. The van der Waals surface area contributed by atoms with Gasteiger partial charge in [-0.1, -0.05) is 13.8 Å². The Balaban J connectivity index is 0.00000200. The number of guanidine groups is 1. The molecule has 5 heteroatoms. The highest BCUT2D eigenvalue weighted by Gasteiger charge is 2.23. The highest BCUT2D eigenvalue weighted by molar-refractivity contribution is 14.0. The standard InChI is InChI=1S/C15H25N3O.HI/c1-4-16-15(17-9-14-6-5-7-19-14)18-10-12(2)8-13(3)11-18;/h5-7,12-13H,4,8-11H2,1-3H3,(H,16,17);1H. The third-order valence-electron chi connectivity index (χ3n) is 3.47. The van der Waals surface area contributed by atoms with E-state index in [0.29, 0.717) is 6.54 Å². The van der Waals surface area contributed by atoms with E-state index < -0.39 is 0 Å². The molecule has 4 nitrogen and oxygen atoms in total. The molecule has 1 aliphatic rings. The lowest BCUT2D eigenvalue weighted by Gasteiger charge is -2.37. The molecule has 1 aromatic heterocycles. The van der Waals surface area contributed by atoms with E-state index in [-0.39, 0.29) is 24.0 Å². The van der Waals surface area contributed by atoms with Crippen molar-refractivity contribution in [3.8, 4) is 0 Å². The van der Waals surface area contributed by atoms with Gasteiger partial charge in [-0.05, 0) is 37.3 Å². The molecule has 1 aromatic rings. The number of hydrogen-bond acceptors (Lipinski definition) is 2. The molecule has 2 rings (SSSR count). The Bertz CT molecular complexity index is 395. The molecule has 0 aromatic carbocycles. The molecule has 0 radical (unpaired) electrons. The summed E-state index contributed by atoms with van der Waals surface area (Å²) in [6.07, 6.45) is 3.01. The van der Waals surface area contributed by atoms with Crippen LogP contribution in [0, 0.1) is 11.8 Å². The van der Waals surface area contributed by atoms with Crippen LogP contribution in [-0.2, 0) is 6.54 Å². The molecule has 1 N–H and O–H groups in total. The van der Waals surface area contributed by atoms with Crippen LogP contribution in [0.25, 0.3) is 0 Å². The molecule has 1 saturated heterocycles. The minimum absolute atomic E-state index is 0. The van der Waals surface area contributed by atoms with Crippen LogP contribution in [0.3, 0.4) is 0 Å². The molecule has 114 valence electrons. The van der Waals surface area contributed by atoms with Crippen molar-refractivity contribution in [1.29, 1.82) is 0 Å². The smallest absolute Gasteiger partial charge is 0.194 e. The number of furan rings is 1. The van der Waals surface area contributed by atoms with Crippen molar-refractivity contribution in [1.82, 2.24) is 10.2 Å². The molecule has 2 atom stereocenters. The second-order valence-electron chi connectivity index (χ2n) is 5.60. The fraction of sp³-hybridized carbons (Fsp3) is 0.667. The van der Waals surface area contributed by atoms with Crippen LogP contribution < -0.4 is 5.32 Å². The van der Waals surface area contributed by atoms with E-state index in [4.69, 9.17) is 4.42 Å². The molecule has 20 heavy (non-hydrogen) atoms. The molecule has 0 spiro atoms. The van der Waals surface area contributed by atoms with Gasteiger partial charge in [-0.2, -0.15) is 0 Å². The predicted octanol–water partition coefficient (Wildman–Crippen LogP) is 3.34. The van der Waals surface area contributed by atoms with Crippen LogP contribution in [0.2, 0.25) is 0 Å². The summed E-state index contributed by atoms with van der Waals surface area (Å²) >= 11 is 0. The largest absolute Gasteiger partial charge is 0.467 e. The highest BCUT2D eigenvalue weighted by Crippen LogP contribution is 2.21. The number of rotatable bonds is 3. The van der Waals surface area contributed by atoms with E-state index in [1.807, 2.05) is 12.1 Å². The van der Waals surface area contributed by atoms with E-state index in [2.05, 4.69) is 36.0 Å². The first kappa shape index (κ1) is 17.3. The minimum Gasteiger partial charge on any atom is -0.467 e. The highest BCUT2D eigenvalue weighted by atomic mass is 127. The average molecular weight is 391 g/mol. The van der Waals surface area contributed by atoms with Crippen LogP contribution in [0.15, 0.2) is 27.8 Å². The van der Waals surface area contributed by atoms with Gasteiger partial charge in [0.15, 0.2) is 5.96 Å². The van der Waals surface area contributed by atoms with Crippen molar-refractivity contribution in [3.05, 3.63) is 24.2 Å². The summed E-state index contributed by atoms with van der Waals surface area (Å²) in [5.74, 6) is 3.39. The lowest BCUT2D eigenvalue weighted by atomic mass is 9.92. The predicted molar refractivity (Wildman–Crippen MR) is 93.5 cm³/mol. The molecule has 1 fully saturated rings. The summed E-state index contributed by atoms with van der Waals surface area (Å²) in [5.41, 5.74) is 0. The fourth-order valence-corrected chi connectivity index (χ4v) is 2.82. The molecule has 1 aliphatic heterocycles. The molecule has 2 heterocycles. The van der Waals surface area contributed by atoms with E-state index in [0.717, 1.165) is 43.2 Å². The number of nitrogens with one attached hydrogen (secondary N) is 1. The van der Waals surface area contributed by atoms with Gasteiger partial charge in [0.25, 0.3) is 0 Å². The molecule has 0 amide bonds. The van der Waals surface area contributed by atoms with Crippen LogP contribution in [0.1, 0.15) is 33.0 Å². The molecule has 0 saturated carbocycles. The lowest BCUT2D eigenvalue weighted by molar-refractivity contribution is 0.208. The van der Waals surface area contributed by atoms with Crippen molar-refractivity contribution in [2.24, 2.45) is 16.8 Å². The van der Waals surface area contributed by atoms with Gasteiger partial charge in [0.2, 0.25) is 0 Å². The Morgan fingerprint density at radius 2 is 2.10 bits per heavy atom. The molecular formula is C15H26IN3O. The van der Waals surface area contributed by atoms with Crippen molar-refractivity contribution in [2.75, 3.05) is 19.6 Å². The number of likely N-dealkylation sites (tertiary alicyclic amines) is 1. The van der Waals surface area contributed by atoms with Gasteiger partial charge in [-0.3, -0.25) is 0 Å². The quantitative estimate of drug-likeness (QED) is 0.488. The topological polar surface area (TPSA) is 40.8 Å². The van der Waals surface area contributed by atoms with E-state index >= 15 is 0 Å². The number of aliphatic imine (C=N–C) groups is 1. The summed E-state index contributed by atoms with van der Waals surface area (Å²) < 4.78 is 5.34. The first-order chi connectivity index (χ1) is 9.19. The lowest BCUT2D eigenvalue weighted by Crippen LogP contribution is -2.48. The third kappa shape index (κ3) is 5.00. The number of piperidine rings is 1. The van der Waals surface area contributed by atoms with Gasteiger partial charge in [0.05, 0.1) is 6.26 Å². The molecule has 0 aliphatic carbocycles. The Morgan fingerprint density at radius 3 is 2.65 bits per heavy atom. The van der Waals surface area contributed by atoms with Gasteiger partial charge in [0.1, 0.15) is 12.3 Å². The van der Waals surface area contributed by atoms with Crippen LogP contribution >= 0.6 is 24.0 Å². The van der Waals surface area contributed by atoms with Gasteiger partial charge in [0, 0.05) is 19.6 Å². The number of halogens is 1. The molecular weight excluding hydrogens is 365 g/mol. The van der Waals surface area contributed by atoms with Crippen molar-refractivity contribution in [2.45, 2.75) is 33.7 Å². The first-order valence-electron chi connectivity index (χ1n) is 7.24. The van der Waals surface area contributed by atoms with E-state index in [1.54, 1.807) is 6.26 Å². The second kappa shape index (κ2) is 8.54. The van der Waals surface area contributed by atoms with E-state index in [9.17, 15) is 0 Å². The normalized spacial score (nSPS) is 23.4. The summed E-state index contributed by atoms with van der Waals surface area (Å²) in [7, 11) is 0. The summed E-state index contributed by atoms with van der Waals surface area (Å²) in [6.45, 7) is 10.4. The number of nitrogens with zero attached hydrogens (tertiary/aromatic N) is 2. The van der Waals surface area contributed by atoms with Crippen LogP contribution in [0.5, 0.6) is 0 Å². The minimum atomic E-state index is 0. The summed E-state index contributed by atoms with van der Waals surface area (Å²) in [5, 5.41) is 3.39. The third-order valence-corrected chi connectivity index (χ3v) is 3.47. The summed E-state index contributed by atoms with van der Waals surface area (Å²) in [6, 6.07) is 3.87.